The summed E-state index contributed by atoms with van der Waals surface area (Å²) in [7, 11) is 0. The van der Waals surface area contributed by atoms with E-state index in [-0.39, 0.29) is 17.8 Å². The highest BCUT2D eigenvalue weighted by molar-refractivity contribution is 9.10. The quantitative estimate of drug-likeness (QED) is 0.755. The van der Waals surface area contributed by atoms with Crippen LogP contribution >= 0.6 is 15.9 Å². The first-order valence-electron chi connectivity index (χ1n) is 6.22. The summed E-state index contributed by atoms with van der Waals surface area (Å²) in [5, 5.41) is 0. The topological polar surface area (TPSA) is 20.3 Å². The summed E-state index contributed by atoms with van der Waals surface area (Å²) in [6.07, 6.45) is 0.306. The Labute approximate surface area is 127 Å². The maximum Gasteiger partial charge on any atom is 0.259 e. The smallest absolute Gasteiger partial charge is 0.259 e. The number of hydrogen-bond donors (Lipinski definition) is 0. The van der Waals surface area contributed by atoms with Gasteiger partial charge in [-0.25, -0.2) is 13.2 Å². The molecule has 0 saturated carbocycles. The number of rotatable bonds is 1. The summed E-state index contributed by atoms with van der Waals surface area (Å²) in [5.74, 6) is -2.46. The van der Waals surface area contributed by atoms with Crippen LogP contribution in [-0.2, 0) is 6.42 Å². The summed E-state index contributed by atoms with van der Waals surface area (Å²) < 4.78 is 40.8. The van der Waals surface area contributed by atoms with Crippen molar-refractivity contribution >= 4 is 27.5 Å². The summed E-state index contributed by atoms with van der Waals surface area (Å²) >= 11 is 3.18. The highest BCUT2D eigenvalue weighted by atomic mass is 79.9. The third kappa shape index (κ3) is 2.44. The Bertz CT molecular complexity index is 748. The first kappa shape index (κ1) is 14.1. The second kappa shape index (κ2) is 5.18. The van der Waals surface area contributed by atoms with Gasteiger partial charge in [0.1, 0.15) is 17.5 Å². The van der Waals surface area contributed by atoms with Gasteiger partial charge in [0.15, 0.2) is 0 Å². The van der Waals surface area contributed by atoms with Crippen molar-refractivity contribution in [2.45, 2.75) is 6.42 Å². The van der Waals surface area contributed by atoms with E-state index in [0.717, 1.165) is 18.2 Å². The van der Waals surface area contributed by atoms with Crippen molar-refractivity contribution in [1.82, 2.24) is 0 Å². The van der Waals surface area contributed by atoms with Crippen molar-refractivity contribution in [3.8, 4) is 0 Å². The van der Waals surface area contributed by atoms with Gasteiger partial charge in [-0.3, -0.25) is 4.79 Å². The number of fused-ring (bicyclic) bond motifs is 1. The van der Waals surface area contributed by atoms with Gasteiger partial charge >= 0.3 is 0 Å². The number of benzene rings is 2. The zero-order chi connectivity index (χ0) is 15.1. The lowest BCUT2D eigenvalue weighted by molar-refractivity contribution is 0.0988. The maximum absolute atomic E-state index is 13.7. The summed E-state index contributed by atoms with van der Waals surface area (Å²) in [4.78, 5) is 13.8. The minimum atomic E-state index is -0.746. The standard InChI is InChI=1S/C15H9BrF3NO/c16-12-2-1-8(17)5-11(12)15(21)20-4-3-10-13(19)6-9(18)7-14(10)20/h1-2,5-7H,3-4H2. The van der Waals surface area contributed by atoms with E-state index in [4.69, 9.17) is 0 Å². The lowest BCUT2D eigenvalue weighted by atomic mass is 10.1. The molecule has 2 aromatic carbocycles. The average molecular weight is 356 g/mol. The van der Waals surface area contributed by atoms with E-state index >= 15 is 0 Å². The first-order valence-corrected chi connectivity index (χ1v) is 7.01. The molecule has 1 heterocycles. The molecule has 1 aliphatic rings. The molecule has 2 nitrogen and oxygen atoms in total. The zero-order valence-corrected chi connectivity index (χ0v) is 12.3. The molecule has 3 rings (SSSR count). The van der Waals surface area contributed by atoms with Gasteiger partial charge in [-0.2, -0.15) is 0 Å². The van der Waals surface area contributed by atoms with Gasteiger partial charge < -0.3 is 4.90 Å². The van der Waals surface area contributed by atoms with Crippen LogP contribution in [0.1, 0.15) is 15.9 Å². The molecule has 0 spiro atoms. The number of carbonyl (C=O) groups excluding carboxylic acids is 1. The van der Waals surface area contributed by atoms with Crippen molar-refractivity contribution in [3.63, 3.8) is 0 Å². The fourth-order valence-corrected chi connectivity index (χ4v) is 2.86. The maximum atomic E-state index is 13.7. The highest BCUT2D eigenvalue weighted by Crippen LogP contribution is 2.33. The molecule has 0 aliphatic carbocycles. The Kier molecular flexibility index (Phi) is 3.49. The molecule has 1 aliphatic heterocycles. The molecule has 0 atom stereocenters. The lowest BCUT2D eigenvalue weighted by Gasteiger charge is -2.18. The third-order valence-corrected chi connectivity index (χ3v) is 4.11. The van der Waals surface area contributed by atoms with Crippen molar-refractivity contribution < 1.29 is 18.0 Å². The van der Waals surface area contributed by atoms with Gasteiger partial charge in [0.2, 0.25) is 0 Å². The SMILES string of the molecule is O=C(c1cc(F)ccc1Br)N1CCc2c(F)cc(F)cc21. The van der Waals surface area contributed by atoms with Gasteiger partial charge in [0, 0.05) is 22.6 Å². The van der Waals surface area contributed by atoms with E-state index < -0.39 is 23.4 Å². The molecule has 1 amide bonds. The van der Waals surface area contributed by atoms with E-state index in [9.17, 15) is 18.0 Å². The summed E-state index contributed by atoms with van der Waals surface area (Å²) in [6.45, 7) is 0.234. The number of amides is 1. The van der Waals surface area contributed by atoms with E-state index in [1.165, 1.54) is 17.0 Å². The van der Waals surface area contributed by atoms with Crippen LogP contribution in [-0.4, -0.2) is 12.5 Å². The predicted molar refractivity (Wildman–Crippen MR) is 75.8 cm³/mol. The Morgan fingerprint density at radius 3 is 2.62 bits per heavy atom. The molecular weight excluding hydrogens is 347 g/mol. The largest absolute Gasteiger partial charge is 0.308 e. The van der Waals surface area contributed by atoms with Crippen LogP contribution in [0, 0.1) is 17.5 Å². The minimum absolute atomic E-state index is 0.118. The molecule has 6 heteroatoms. The second-order valence-electron chi connectivity index (χ2n) is 4.72. The van der Waals surface area contributed by atoms with Gasteiger partial charge in [-0.1, -0.05) is 0 Å². The highest BCUT2D eigenvalue weighted by Gasteiger charge is 2.29. The molecule has 0 radical (unpaired) electrons. The van der Waals surface area contributed by atoms with E-state index in [2.05, 4.69) is 15.9 Å². The molecule has 0 fully saturated rings. The zero-order valence-electron chi connectivity index (χ0n) is 10.7. The van der Waals surface area contributed by atoms with E-state index in [1.54, 1.807) is 0 Å². The van der Waals surface area contributed by atoms with Crippen LogP contribution in [0.5, 0.6) is 0 Å². The first-order chi connectivity index (χ1) is 9.97. The fourth-order valence-electron chi connectivity index (χ4n) is 2.44. The van der Waals surface area contributed by atoms with E-state index in [0.29, 0.717) is 16.5 Å². The van der Waals surface area contributed by atoms with Gasteiger partial charge in [0.25, 0.3) is 5.91 Å². The molecule has 2 aromatic rings. The van der Waals surface area contributed by atoms with Gasteiger partial charge in [-0.05, 0) is 46.6 Å². The number of halogens is 4. The Balaban J connectivity index is 2.05. The molecule has 0 unspecified atom stereocenters. The predicted octanol–water partition coefficient (Wildman–Crippen LogP) is 4.07. The van der Waals surface area contributed by atoms with Gasteiger partial charge in [-0.15, -0.1) is 0 Å². The van der Waals surface area contributed by atoms with Crippen LogP contribution in [0.2, 0.25) is 0 Å². The van der Waals surface area contributed by atoms with Crippen molar-refractivity contribution in [3.05, 3.63) is 63.4 Å². The minimum Gasteiger partial charge on any atom is -0.308 e. The van der Waals surface area contributed by atoms with E-state index in [1.807, 2.05) is 0 Å². The normalized spacial score (nSPS) is 13.4. The average Bonchev–Trinajstić information content (AvgIpc) is 2.84. The molecular formula is C15H9BrF3NO. The van der Waals surface area contributed by atoms with Crippen LogP contribution in [0.3, 0.4) is 0 Å². The lowest BCUT2D eigenvalue weighted by Crippen LogP contribution is -2.29. The van der Waals surface area contributed by atoms with Crippen LogP contribution in [0.25, 0.3) is 0 Å². The van der Waals surface area contributed by atoms with Crippen LogP contribution in [0.4, 0.5) is 18.9 Å². The second-order valence-corrected chi connectivity index (χ2v) is 5.57. The molecule has 0 saturated heterocycles. The molecule has 108 valence electrons. The molecule has 0 N–H and O–H groups in total. The van der Waals surface area contributed by atoms with Crippen molar-refractivity contribution in [2.24, 2.45) is 0 Å². The number of carbonyl (C=O) groups is 1. The monoisotopic (exact) mass is 355 g/mol. The number of nitrogens with zero attached hydrogens (tertiary/aromatic N) is 1. The Morgan fingerprint density at radius 1 is 1.10 bits per heavy atom. The Morgan fingerprint density at radius 2 is 1.86 bits per heavy atom. The molecule has 21 heavy (non-hydrogen) atoms. The summed E-state index contributed by atoms with van der Waals surface area (Å²) in [5.41, 5.74) is 0.624. The third-order valence-electron chi connectivity index (χ3n) is 3.42. The number of anilines is 1. The molecule has 0 bridgehead atoms. The Hall–Kier alpha value is -1.82. The summed E-state index contributed by atoms with van der Waals surface area (Å²) in [6, 6.07) is 5.66. The number of hydrogen-bond acceptors (Lipinski definition) is 1. The fraction of sp³-hybridized carbons (Fsp3) is 0.133. The van der Waals surface area contributed by atoms with Crippen molar-refractivity contribution in [1.29, 1.82) is 0 Å². The van der Waals surface area contributed by atoms with Gasteiger partial charge in [0.05, 0.1) is 11.3 Å². The molecule has 0 aromatic heterocycles. The van der Waals surface area contributed by atoms with Crippen LogP contribution in [0.15, 0.2) is 34.8 Å². The van der Waals surface area contributed by atoms with Crippen molar-refractivity contribution in [2.75, 3.05) is 11.4 Å². The van der Waals surface area contributed by atoms with Crippen LogP contribution < -0.4 is 4.90 Å².